The Labute approximate surface area is 165 Å². The summed E-state index contributed by atoms with van der Waals surface area (Å²) >= 11 is 0. The molecule has 9 heteroatoms. The van der Waals surface area contributed by atoms with E-state index in [1.807, 2.05) is 0 Å². The van der Waals surface area contributed by atoms with Gasteiger partial charge in [-0.1, -0.05) is 0 Å². The molecule has 2 N–H and O–H groups in total. The number of nitrogens with zero attached hydrogens (tertiary/aromatic N) is 1. The van der Waals surface area contributed by atoms with Crippen molar-refractivity contribution in [3.05, 3.63) is 53.6 Å². The van der Waals surface area contributed by atoms with Crippen molar-refractivity contribution in [3.8, 4) is 5.75 Å². The monoisotopic (exact) mass is 398 g/mol. The number of nitrogens with one attached hydrogen (secondary N) is 1. The van der Waals surface area contributed by atoms with Gasteiger partial charge in [-0.25, -0.2) is 9.59 Å². The minimum atomic E-state index is -1.12. The zero-order chi connectivity index (χ0) is 21.1. The number of methoxy groups -OCH3 is 1. The van der Waals surface area contributed by atoms with Crippen molar-refractivity contribution in [1.29, 1.82) is 0 Å². The normalized spacial score (nSPS) is 15.2. The van der Waals surface area contributed by atoms with Crippen LogP contribution in [0.4, 0.5) is 11.4 Å². The minimum absolute atomic E-state index is 0.0143. The van der Waals surface area contributed by atoms with Crippen molar-refractivity contribution < 1.29 is 33.8 Å². The third-order valence-corrected chi connectivity index (χ3v) is 4.31. The van der Waals surface area contributed by atoms with Crippen molar-refractivity contribution in [2.24, 2.45) is 0 Å². The molecule has 1 heterocycles. The Morgan fingerprint density at radius 2 is 1.79 bits per heavy atom. The topological polar surface area (TPSA) is 122 Å². The summed E-state index contributed by atoms with van der Waals surface area (Å²) in [5.74, 6) is -2.29. The van der Waals surface area contributed by atoms with Gasteiger partial charge in [0.25, 0.3) is 5.91 Å². The van der Waals surface area contributed by atoms with Crippen LogP contribution in [0.2, 0.25) is 0 Å². The number of aromatic carboxylic acids is 1. The van der Waals surface area contributed by atoms with Crippen molar-refractivity contribution in [3.63, 3.8) is 0 Å². The van der Waals surface area contributed by atoms with Gasteiger partial charge in [0, 0.05) is 5.69 Å². The number of carboxylic acid groups (broad SMARTS) is 1. The van der Waals surface area contributed by atoms with E-state index < -0.39 is 29.9 Å². The van der Waals surface area contributed by atoms with Crippen molar-refractivity contribution >= 4 is 35.1 Å². The fraction of sp³-hybridized carbons (Fsp3) is 0.200. The number of fused-ring (bicyclic) bond motifs is 1. The van der Waals surface area contributed by atoms with Gasteiger partial charge >= 0.3 is 11.9 Å². The maximum Gasteiger partial charge on any atom is 0.337 e. The van der Waals surface area contributed by atoms with Crippen LogP contribution >= 0.6 is 0 Å². The molecular weight excluding hydrogens is 380 g/mol. The summed E-state index contributed by atoms with van der Waals surface area (Å²) in [5, 5.41) is 11.8. The third-order valence-electron chi connectivity index (χ3n) is 4.31. The molecule has 2 aromatic rings. The van der Waals surface area contributed by atoms with Crippen molar-refractivity contribution in [2.45, 2.75) is 13.0 Å². The van der Waals surface area contributed by atoms with E-state index in [1.165, 1.54) is 49.3 Å². The number of carbonyl (C=O) groups is 4. The Hall–Kier alpha value is -3.88. The molecule has 150 valence electrons. The summed E-state index contributed by atoms with van der Waals surface area (Å²) in [6.07, 6.45) is -0.862. The van der Waals surface area contributed by atoms with Gasteiger partial charge in [-0.15, -0.1) is 0 Å². The molecule has 0 saturated heterocycles. The number of anilines is 2. The van der Waals surface area contributed by atoms with Crippen LogP contribution in [0.5, 0.6) is 5.75 Å². The van der Waals surface area contributed by atoms with Gasteiger partial charge in [0.1, 0.15) is 12.3 Å². The maximum absolute atomic E-state index is 12.5. The van der Waals surface area contributed by atoms with Gasteiger partial charge in [0.2, 0.25) is 5.91 Å². The number of rotatable bonds is 5. The van der Waals surface area contributed by atoms with E-state index >= 15 is 0 Å². The average Bonchev–Trinajstić information content (AvgIpc) is 2.70. The number of hydrogen-bond donors (Lipinski definition) is 2. The number of esters is 1. The average molecular weight is 398 g/mol. The van der Waals surface area contributed by atoms with E-state index in [-0.39, 0.29) is 17.9 Å². The molecule has 0 bridgehead atoms. The van der Waals surface area contributed by atoms with Gasteiger partial charge in [0.05, 0.1) is 23.9 Å². The molecular formula is C20H18N2O7. The van der Waals surface area contributed by atoms with Crippen LogP contribution in [0.15, 0.2) is 42.5 Å². The number of hydrogen-bond acceptors (Lipinski definition) is 6. The lowest BCUT2D eigenvalue weighted by Crippen LogP contribution is -2.47. The first-order valence-electron chi connectivity index (χ1n) is 8.63. The molecule has 9 nitrogen and oxygen atoms in total. The first-order valence-corrected chi connectivity index (χ1v) is 8.63. The zero-order valence-electron chi connectivity index (χ0n) is 15.7. The van der Waals surface area contributed by atoms with Gasteiger partial charge in [-0.3, -0.25) is 14.5 Å². The highest BCUT2D eigenvalue weighted by molar-refractivity contribution is 6.06. The lowest BCUT2D eigenvalue weighted by atomic mass is 10.1. The van der Waals surface area contributed by atoms with E-state index in [0.717, 1.165) is 0 Å². The Morgan fingerprint density at radius 1 is 1.14 bits per heavy atom. The Morgan fingerprint density at radius 3 is 2.41 bits per heavy atom. The molecule has 0 aliphatic carbocycles. The highest BCUT2D eigenvalue weighted by atomic mass is 16.5. The van der Waals surface area contributed by atoms with Crippen LogP contribution in [0.1, 0.15) is 27.6 Å². The van der Waals surface area contributed by atoms with E-state index in [1.54, 1.807) is 12.1 Å². The van der Waals surface area contributed by atoms with E-state index in [0.29, 0.717) is 16.9 Å². The van der Waals surface area contributed by atoms with E-state index in [9.17, 15) is 19.2 Å². The molecule has 2 amide bonds. The zero-order valence-corrected chi connectivity index (χ0v) is 15.7. The van der Waals surface area contributed by atoms with Crippen LogP contribution in [-0.4, -0.2) is 48.6 Å². The Bertz CT molecular complexity index is 985. The van der Waals surface area contributed by atoms with Crippen LogP contribution < -0.4 is 15.0 Å². The lowest BCUT2D eigenvalue weighted by molar-refractivity contribution is -0.127. The van der Waals surface area contributed by atoms with Crippen LogP contribution in [0.25, 0.3) is 0 Å². The maximum atomic E-state index is 12.5. The first-order chi connectivity index (χ1) is 13.8. The quantitative estimate of drug-likeness (QED) is 0.738. The summed E-state index contributed by atoms with van der Waals surface area (Å²) in [6.45, 7) is 1.24. The summed E-state index contributed by atoms with van der Waals surface area (Å²) in [6, 6.07) is 10.2. The molecule has 29 heavy (non-hydrogen) atoms. The Balaban J connectivity index is 1.76. The van der Waals surface area contributed by atoms with Crippen LogP contribution in [0, 0.1) is 0 Å². The molecule has 2 aromatic carbocycles. The largest absolute Gasteiger partial charge is 0.479 e. The Kier molecular flexibility index (Phi) is 5.49. The van der Waals surface area contributed by atoms with Crippen LogP contribution in [0.3, 0.4) is 0 Å². The lowest BCUT2D eigenvalue weighted by Gasteiger charge is -2.32. The highest BCUT2D eigenvalue weighted by Crippen LogP contribution is 2.34. The summed E-state index contributed by atoms with van der Waals surface area (Å²) in [5.41, 5.74) is 1.11. The van der Waals surface area contributed by atoms with Gasteiger partial charge in [-0.05, 0) is 49.4 Å². The third kappa shape index (κ3) is 4.18. The molecule has 1 atom stereocenters. The van der Waals surface area contributed by atoms with Crippen molar-refractivity contribution in [2.75, 3.05) is 23.9 Å². The second-order valence-electron chi connectivity index (χ2n) is 6.29. The summed E-state index contributed by atoms with van der Waals surface area (Å²) in [7, 11) is 1.27. The molecule has 0 fully saturated rings. The van der Waals surface area contributed by atoms with Gasteiger partial charge < -0.3 is 19.9 Å². The molecule has 1 aliphatic rings. The van der Waals surface area contributed by atoms with Crippen molar-refractivity contribution in [1.82, 2.24) is 0 Å². The summed E-state index contributed by atoms with van der Waals surface area (Å²) < 4.78 is 10.1. The predicted molar refractivity (Wildman–Crippen MR) is 102 cm³/mol. The molecule has 0 saturated carbocycles. The number of carbonyl (C=O) groups excluding carboxylic acids is 3. The van der Waals surface area contributed by atoms with Gasteiger partial charge in [0.15, 0.2) is 6.10 Å². The predicted octanol–water partition coefficient (Wildman–Crippen LogP) is 1.92. The highest BCUT2D eigenvalue weighted by Gasteiger charge is 2.33. The number of ether oxygens (including phenoxy) is 2. The first kappa shape index (κ1) is 19.9. The number of amides is 2. The van der Waals surface area contributed by atoms with Crippen LogP contribution in [-0.2, 0) is 14.3 Å². The fourth-order valence-corrected chi connectivity index (χ4v) is 2.86. The summed E-state index contributed by atoms with van der Waals surface area (Å²) in [4.78, 5) is 48.8. The van der Waals surface area contributed by atoms with E-state index in [2.05, 4.69) is 10.1 Å². The molecule has 0 aromatic heterocycles. The minimum Gasteiger partial charge on any atom is -0.479 e. The number of carboxylic acids is 1. The molecule has 1 aliphatic heterocycles. The molecule has 1 unspecified atom stereocenters. The second-order valence-corrected chi connectivity index (χ2v) is 6.29. The fourth-order valence-electron chi connectivity index (χ4n) is 2.86. The smallest absolute Gasteiger partial charge is 0.337 e. The van der Waals surface area contributed by atoms with E-state index in [4.69, 9.17) is 9.84 Å². The SMILES string of the molecule is COC(=O)c1ccc(NC(=O)CN2C(=O)C(C)Oc3cc(C(=O)O)ccc32)cc1. The molecule has 0 radical (unpaired) electrons. The second kappa shape index (κ2) is 8.01. The molecule has 3 rings (SSSR count). The number of benzene rings is 2. The molecule has 0 spiro atoms. The van der Waals surface area contributed by atoms with Gasteiger partial charge in [-0.2, -0.15) is 0 Å². The standard InChI is InChI=1S/C20H18N2O7/c1-11-18(24)22(15-8-5-13(19(25)26)9-16(15)29-11)10-17(23)21-14-6-3-12(4-7-14)20(27)28-2/h3-9,11H,10H2,1-2H3,(H,21,23)(H,25,26).